The molecule has 0 spiro atoms. The summed E-state index contributed by atoms with van der Waals surface area (Å²) in [5.74, 6) is 0.654. The third kappa shape index (κ3) is 3.12. The van der Waals surface area contributed by atoms with Crippen molar-refractivity contribution in [1.82, 2.24) is 9.55 Å². The lowest BCUT2D eigenvalue weighted by Crippen LogP contribution is -2.22. The average molecular weight is 272 g/mol. The summed E-state index contributed by atoms with van der Waals surface area (Å²) in [4.78, 5) is 26.8. The molecule has 1 aromatic carbocycles. The van der Waals surface area contributed by atoms with Gasteiger partial charge in [0, 0.05) is 23.5 Å². The Morgan fingerprint density at radius 2 is 2.20 bits per heavy atom. The highest BCUT2D eigenvalue weighted by Gasteiger charge is 2.09. The van der Waals surface area contributed by atoms with E-state index in [-0.39, 0.29) is 11.5 Å². The van der Waals surface area contributed by atoms with Crippen LogP contribution in [-0.4, -0.2) is 21.9 Å². The maximum atomic E-state index is 11.7. The lowest BCUT2D eigenvalue weighted by atomic mass is 10.1. The van der Waals surface area contributed by atoms with E-state index in [1.54, 1.807) is 30.5 Å². The first-order valence-corrected chi connectivity index (χ1v) is 6.40. The van der Waals surface area contributed by atoms with E-state index in [0.717, 1.165) is 5.56 Å². The summed E-state index contributed by atoms with van der Waals surface area (Å²) < 4.78 is 7.01. The summed E-state index contributed by atoms with van der Waals surface area (Å²) in [5, 5.41) is 0. The predicted molar refractivity (Wildman–Crippen MR) is 75.2 cm³/mol. The van der Waals surface area contributed by atoms with Crippen LogP contribution in [0.15, 0.2) is 41.5 Å². The molecule has 104 valence electrons. The van der Waals surface area contributed by atoms with Crippen LogP contribution in [0.3, 0.4) is 0 Å². The number of carbonyl (C=O) groups is 1. The number of aromatic nitrogens is 2. The molecule has 2 aromatic rings. The van der Waals surface area contributed by atoms with Gasteiger partial charge in [0.2, 0.25) is 0 Å². The highest BCUT2D eigenvalue weighted by atomic mass is 16.5. The minimum Gasteiger partial charge on any atom is -0.494 e. The Bertz CT molecular complexity index is 677. The van der Waals surface area contributed by atoms with E-state index in [2.05, 4.69) is 4.98 Å². The summed E-state index contributed by atoms with van der Waals surface area (Å²) in [6.45, 7) is 4.24. The smallest absolute Gasteiger partial charge is 0.347 e. The molecule has 0 bridgehead atoms. The maximum absolute atomic E-state index is 11.7. The molecular formula is C15H16N2O3. The standard InChI is InChI=1S/C15H16N2O3/c1-3-20-14-6-5-12(11(2)18)9-13(14)10-17-8-4-7-16-15(17)19/h4-9H,3,10H2,1-2H3. The van der Waals surface area contributed by atoms with Crippen LogP contribution in [0.25, 0.3) is 0 Å². The van der Waals surface area contributed by atoms with Gasteiger partial charge in [0.1, 0.15) is 5.75 Å². The van der Waals surface area contributed by atoms with Crippen LogP contribution in [-0.2, 0) is 6.54 Å². The fraction of sp³-hybridized carbons (Fsp3) is 0.267. The monoisotopic (exact) mass is 272 g/mol. The molecule has 5 nitrogen and oxygen atoms in total. The molecule has 0 fully saturated rings. The van der Waals surface area contributed by atoms with Gasteiger partial charge in [-0.05, 0) is 38.1 Å². The molecule has 0 aliphatic carbocycles. The van der Waals surface area contributed by atoms with Crippen molar-refractivity contribution < 1.29 is 9.53 Å². The Balaban J connectivity index is 2.42. The Kier molecular flexibility index (Phi) is 4.30. The van der Waals surface area contributed by atoms with Crippen molar-refractivity contribution in [3.63, 3.8) is 0 Å². The number of rotatable bonds is 5. The molecule has 0 unspecified atom stereocenters. The number of nitrogens with zero attached hydrogens (tertiary/aromatic N) is 2. The van der Waals surface area contributed by atoms with Crippen molar-refractivity contribution in [2.75, 3.05) is 6.61 Å². The van der Waals surface area contributed by atoms with E-state index in [9.17, 15) is 9.59 Å². The molecular weight excluding hydrogens is 256 g/mol. The zero-order valence-corrected chi connectivity index (χ0v) is 11.5. The second-order valence-corrected chi connectivity index (χ2v) is 4.34. The van der Waals surface area contributed by atoms with Gasteiger partial charge in [-0.1, -0.05) is 0 Å². The quantitative estimate of drug-likeness (QED) is 0.780. The molecule has 0 aliphatic rings. The minimum absolute atomic E-state index is 0.0205. The van der Waals surface area contributed by atoms with Gasteiger partial charge in [-0.15, -0.1) is 0 Å². The normalized spacial score (nSPS) is 10.3. The zero-order chi connectivity index (χ0) is 14.5. The lowest BCUT2D eigenvalue weighted by molar-refractivity contribution is 0.101. The number of ether oxygens (including phenoxy) is 1. The second-order valence-electron chi connectivity index (χ2n) is 4.34. The van der Waals surface area contributed by atoms with Crippen molar-refractivity contribution in [1.29, 1.82) is 0 Å². The highest BCUT2D eigenvalue weighted by molar-refractivity contribution is 5.94. The van der Waals surface area contributed by atoms with Crippen molar-refractivity contribution in [2.24, 2.45) is 0 Å². The Morgan fingerprint density at radius 3 is 2.85 bits per heavy atom. The van der Waals surface area contributed by atoms with Gasteiger partial charge in [0.05, 0.1) is 13.2 Å². The molecule has 0 radical (unpaired) electrons. The number of hydrogen-bond acceptors (Lipinski definition) is 4. The van der Waals surface area contributed by atoms with Gasteiger partial charge in [-0.2, -0.15) is 0 Å². The third-order valence-corrected chi connectivity index (χ3v) is 2.89. The minimum atomic E-state index is -0.330. The van der Waals surface area contributed by atoms with E-state index in [1.165, 1.54) is 17.7 Å². The third-order valence-electron chi connectivity index (χ3n) is 2.89. The number of ketones is 1. The number of benzene rings is 1. The summed E-state index contributed by atoms with van der Waals surface area (Å²) in [5.41, 5.74) is 1.05. The van der Waals surface area contributed by atoms with E-state index in [1.807, 2.05) is 6.92 Å². The van der Waals surface area contributed by atoms with Gasteiger partial charge >= 0.3 is 5.69 Å². The Labute approximate surface area is 116 Å². The fourth-order valence-electron chi connectivity index (χ4n) is 1.91. The topological polar surface area (TPSA) is 61.2 Å². The molecule has 0 atom stereocenters. The zero-order valence-electron chi connectivity index (χ0n) is 11.5. The molecule has 20 heavy (non-hydrogen) atoms. The van der Waals surface area contributed by atoms with Crippen molar-refractivity contribution in [2.45, 2.75) is 20.4 Å². The molecule has 1 heterocycles. The summed E-state index contributed by atoms with van der Waals surface area (Å²) in [7, 11) is 0. The molecule has 0 aliphatic heterocycles. The molecule has 0 N–H and O–H groups in total. The van der Waals surface area contributed by atoms with Gasteiger partial charge in [-0.3, -0.25) is 9.36 Å². The van der Waals surface area contributed by atoms with Crippen LogP contribution in [0.2, 0.25) is 0 Å². The van der Waals surface area contributed by atoms with E-state index in [0.29, 0.717) is 24.5 Å². The van der Waals surface area contributed by atoms with Crippen LogP contribution in [0.4, 0.5) is 0 Å². The van der Waals surface area contributed by atoms with Crippen LogP contribution in [0.1, 0.15) is 29.8 Å². The van der Waals surface area contributed by atoms with Crippen molar-refractivity contribution >= 4 is 5.78 Å². The lowest BCUT2D eigenvalue weighted by Gasteiger charge is -2.12. The van der Waals surface area contributed by atoms with Gasteiger partial charge in [-0.25, -0.2) is 9.78 Å². The fourth-order valence-corrected chi connectivity index (χ4v) is 1.91. The van der Waals surface area contributed by atoms with Crippen LogP contribution >= 0.6 is 0 Å². The molecule has 1 aromatic heterocycles. The van der Waals surface area contributed by atoms with Crippen LogP contribution < -0.4 is 10.4 Å². The first-order chi connectivity index (χ1) is 9.61. The number of Topliss-reactive ketones (excluding diaryl/α,β-unsaturated/α-hetero) is 1. The second kappa shape index (κ2) is 6.14. The average Bonchev–Trinajstić information content (AvgIpc) is 2.43. The van der Waals surface area contributed by atoms with Gasteiger partial charge < -0.3 is 4.74 Å². The van der Waals surface area contributed by atoms with Crippen molar-refractivity contribution in [3.05, 3.63) is 58.3 Å². The van der Waals surface area contributed by atoms with E-state index >= 15 is 0 Å². The first kappa shape index (κ1) is 14.0. The Morgan fingerprint density at radius 1 is 1.40 bits per heavy atom. The first-order valence-electron chi connectivity index (χ1n) is 6.40. The largest absolute Gasteiger partial charge is 0.494 e. The number of carbonyl (C=O) groups excluding carboxylic acids is 1. The SMILES string of the molecule is CCOc1ccc(C(C)=O)cc1Cn1cccnc1=O. The van der Waals surface area contributed by atoms with E-state index < -0.39 is 0 Å². The predicted octanol–water partition coefficient (Wildman–Crippen LogP) is 1.89. The van der Waals surface area contributed by atoms with Gasteiger partial charge in [0.15, 0.2) is 5.78 Å². The summed E-state index contributed by atoms with van der Waals surface area (Å²) in [6, 6.07) is 6.93. The van der Waals surface area contributed by atoms with Gasteiger partial charge in [0.25, 0.3) is 0 Å². The molecule has 0 saturated carbocycles. The molecule has 0 amide bonds. The number of hydrogen-bond donors (Lipinski definition) is 0. The van der Waals surface area contributed by atoms with Crippen LogP contribution in [0.5, 0.6) is 5.75 Å². The van der Waals surface area contributed by atoms with E-state index in [4.69, 9.17) is 4.74 Å². The highest BCUT2D eigenvalue weighted by Crippen LogP contribution is 2.21. The van der Waals surface area contributed by atoms with Crippen molar-refractivity contribution in [3.8, 4) is 5.75 Å². The van der Waals surface area contributed by atoms with Crippen LogP contribution in [0, 0.1) is 0 Å². The molecule has 0 saturated heterocycles. The molecule has 5 heteroatoms. The Hall–Kier alpha value is -2.43. The summed E-state index contributed by atoms with van der Waals surface area (Å²) in [6.07, 6.45) is 3.11. The maximum Gasteiger partial charge on any atom is 0.347 e. The molecule has 2 rings (SSSR count). The summed E-state index contributed by atoms with van der Waals surface area (Å²) >= 11 is 0.